The van der Waals surface area contributed by atoms with E-state index in [1.807, 2.05) is 12.1 Å². The third-order valence-corrected chi connectivity index (χ3v) is 12.2. The first-order valence-electron chi connectivity index (χ1n) is 20.2. The van der Waals surface area contributed by atoms with E-state index in [4.69, 9.17) is 4.74 Å². The number of hydrogen-bond donors (Lipinski definition) is 0. The van der Waals surface area contributed by atoms with Gasteiger partial charge in [-0.05, 0) is 99.6 Å². The number of anilines is 3. The van der Waals surface area contributed by atoms with Gasteiger partial charge in [-0.15, -0.1) is 0 Å². The van der Waals surface area contributed by atoms with E-state index in [1.165, 1.54) is 60.8 Å². The fourth-order valence-corrected chi connectivity index (χ4v) is 9.63. The van der Waals surface area contributed by atoms with Crippen LogP contribution in [0, 0.1) is 0 Å². The molecule has 1 aliphatic carbocycles. The van der Waals surface area contributed by atoms with Gasteiger partial charge in [0.25, 0.3) is 0 Å². The number of para-hydroxylation sites is 1. The van der Waals surface area contributed by atoms with Crippen molar-refractivity contribution in [3.8, 4) is 33.7 Å². The van der Waals surface area contributed by atoms with Gasteiger partial charge in [-0.2, -0.15) is 0 Å². The van der Waals surface area contributed by atoms with E-state index in [2.05, 4.69) is 222 Å². The molecule has 0 N–H and O–H groups in total. The maximum absolute atomic E-state index is 5.59. The molecule has 0 radical (unpaired) electrons. The molecule has 0 amide bonds. The maximum Gasteiger partial charge on any atom is 0.119 e. The molecule has 11 rings (SSSR count). The second kappa shape index (κ2) is 14.1. The van der Waals surface area contributed by atoms with Gasteiger partial charge in [-0.1, -0.05) is 164 Å². The minimum atomic E-state index is -0.495. The molecule has 1 aromatic heterocycles. The van der Waals surface area contributed by atoms with Gasteiger partial charge < -0.3 is 14.2 Å². The van der Waals surface area contributed by atoms with E-state index in [1.54, 1.807) is 7.11 Å². The van der Waals surface area contributed by atoms with Crippen molar-refractivity contribution in [1.29, 1.82) is 0 Å². The Hall–Kier alpha value is -7.62. The van der Waals surface area contributed by atoms with Crippen LogP contribution in [0.1, 0.15) is 22.3 Å². The van der Waals surface area contributed by atoms with Crippen LogP contribution in [0.2, 0.25) is 0 Å². The quantitative estimate of drug-likeness (QED) is 0.154. The highest BCUT2D eigenvalue weighted by atomic mass is 16.5. The van der Waals surface area contributed by atoms with Crippen LogP contribution in [0.5, 0.6) is 5.75 Å². The topological polar surface area (TPSA) is 17.4 Å². The Labute approximate surface area is 344 Å². The Balaban J connectivity index is 1.17. The average molecular weight is 757 g/mol. The standard InChI is InChI=1S/C56H40N2O/c1-59-46-35-32-44(33-36-46)57(43-30-28-40(29-31-43)39-16-5-2-6-17-39)45-34-37-48-47-22-12-14-26-52(47)58(54(48)38-45)53-27-15-25-51-55(53)49-23-11-13-24-50(49)56(51,41-18-7-3-8-19-41)42-20-9-4-10-21-42/h2-38H,1H3. The number of rotatable bonds is 8. The lowest BCUT2D eigenvalue weighted by Crippen LogP contribution is -2.28. The number of benzene rings is 9. The number of aromatic nitrogens is 1. The summed E-state index contributed by atoms with van der Waals surface area (Å²) in [5.41, 5.74) is 16.2. The van der Waals surface area contributed by atoms with Gasteiger partial charge in [0.15, 0.2) is 0 Å². The maximum atomic E-state index is 5.59. The minimum Gasteiger partial charge on any atom is -0.497 e. The Morgan fingerprint density at radius 3 is 1.66 bits per heavy atom. The summed E-state index contributed by atoms with van der Waals surface area (Å²) in [4.78, 5) is 2.34. The first-order valence-corrected chi connectivity index (χ1v) is 20.2. The van der Waals surface area contributed by atoms with E-state index in [-0.39, 0.29) is 0 Å². The third-order valence-electron chi connectivity index (χ3n) is 12.2. The van der Waals surface area contributed by atoms with Crippen molar-refractivity contribution in [2.45, 2.75) is 5.41 Å². The van der Waals surface area contributed by atoms with Crippen molar-refractivity contribution in [3.63, 3.8) is 0 Å². The molecule has 0 saturated carbocycles. The molecule has 1 aliphatic rings. The van der Waals surface area contributed by atoms with Crippen molar-refractivity contribution in [2.24, 2.45) is 0 Å². The largest absolute Gasteiger partial charge is 0.497 e. The normalized spacial score (nSPS) is 12.6. The van der Waals surface area contributed by atoms with Crippen LogP contribution in [0.4, 0.5) is 17.1 Å². The van der Waals surface area contributed by atoms with Gasteiger partial charge in [-0.25, -0.2) is 0 Å². The molecule has 0 fully saturated rings. The van der Waals surface area contributed by atoms with Crippen LogP contribution in [0.25, 0.3) is 49.7 Å². The van der Waals surface area contributed by atoms with Gasteiger partial charge in [0.2, 0.25) is 0 Å². The summed E-state index contributed by atoms with van der Waals surface area (Å²) in [7, 11) is 1.71. The van der Waals surface area contributed by atoms with Crippen molar-refractivity contribution in [1.82, 2.24) is 4.57 Å². The molecule has 0 unspecified atom stereocenters. The van der Waals surface area contributed by atoms with Gasteiger partial charge in [0, 0.05) is 33.4 Å². The Kier molecular flexibility index (Phi) is 8.27. The molecule has 59 heavy (non-hydrogen) atoms. The molecule has 1 heterocycles. The molecule has 3 heteroatoms. The molecule has 9 aromatic carbocycles. The van der Waals surface area contributed by atoms with Crippen LogP contribution in [-0.4, -0.2) is 11.7 Å². The lowest BCUT2D eigenvalue weighted by atomic mass is 9.68. The molecule has 3 nitrogen and oxygen atoms in total. The van der Waals surface area contributed by atoms with Crippen molar-refractivity contribution in [2.75, 3.05) is 12.0 Å². The van der Waals surface area contributed by atoms with Gasteiger partial charge in [0.1, 0.15) is 5.75 Å². The molecule has 0 atom stereocenters. The third kappa shape index (κ3) is 5.43. The summed E-state index contributed by atoms with van der Waals surface area (Å²) in [5, 5.41) is 2.43. The predicted octanol–water partition coefficient (Wildman–Crippen LogP) is 14.3. The van der Waals surface area contributed by atoms with E-state index >= 15 is 0 Å². The Morgan fingerprint density at radius 1 is 0.424 bits per heavy atom. The zero-order chi connectivity index (χ0) is 39.3. The second-order valence-electron chi connectivity index (χ2n) is 15.2. The number of methoxy groups -OCH3 is 1. The summed E-state index contributed by atoms with van der Waals surface area (Å²) in [5.74, 6) is 0.823. The molecule has 10 aromatic rings. The number of fused-ring (bicyclic) bond motifs is 6. The zero-order valence-electron chi connectivity index (χ0n) is 32.7. The summed E-state index contributed by atoms with van der Waals surface area (Å²) < 4.78 is 8.09. The lowest BCUT2D eigenvalue weighted by Gasteiger charge is -2.34. The minimum absolute atomic E-state index is 0.495. The molecule has 0 aliphatic heterocycles. The van der Waals surface area contributed by atoms with Crippen LogP contribution in [-0.2, 0) is 5.41 Å². The zero-order valence-corrected chi connectivity index (χ0v) is 32.7. The van der Waals surface area contributed by atoms with Crippen LogP contribution in [0.15, 0.2) is 224 Å². The summed E-state index contributed by atoms with van der Waals surface area (Å²) in [6.45, 7) is 0. The monoisotopic (exact) mass is 756 g/mol. The van der Waals surface area contributed by atoms with Crippen LogP contribution < -0.4 is 9.64 Å². The number of ether oxygens (including phenoxy) is 1. The molecule has 0 bridgehead atoms. The molecular weight excluding hydrogens is 717 g/mol. The highest BCUT2D eigenvalue weighted by molar-refractivity contribution is 6.11. The highest BCUT2D eigenvalue weighted by Gasteiger charge is 2.47. The highest BCUT2D eigenvalue weighted by Crippen LogP contribution is 2.58. The van der Waals surface area contributed by atoms with E-state index < -0.39 is 5.41 Å². The SMILES string of the molecule is COc1ccc(N(c2ccc(-c3ccccc3)cc2)c2ccc3c4ccccc4n(-c4cccc5c4-c4ccccc4C5(c4ccccc4)c4ccccc4)c3c2)cc1. The molecule has 0 saturated heterocycles. The molecular formula is C56H40N2O. The Morgan fingerprint density at radius 2 is 0.966 bits per heavy atom. The van der Waals surface area contributed by atoms with Crippen LogP contribution in [0.3, 0.4) is 0 Å². The summed E-state index contributed by atoms with van der Waals surface area (Å²) in [6, 6.07) is 81.5. The van der Waals surface area contributed by atoms with Crippen molar-refractivity contribution in [3.05, 3.63) is 247 Å². The number of hydrogen-bond acceptors (Lipinski definition) is 2. The second-order valence-corrected chi connectivity index (χ2v) is 15.2. The first-order chi connectivity index (χ1) is 29.2. The molecule has 280 valence electrons. The Bertz CT molecular complexity index is 3070. The lowest BCUT2D eigenvalue weighted by molar-refractivity contribution is 0.415. The summed E-state index contributed by atoms with van der Waals surface area (Å²) >= 11 is 0. The van der Waals surface area contributed by atoms with Crippen molar-refractivity contribution < 1.29 is 4.74 Å². The van der Waals surface area contributed by atoms with E-state index in [9.17, 15) is 0 Å². The fourth-order valence-electron chi connectivity index (χ4n) is 9.63. The van der Waals surface area contributed by atoms with Crippen LogP contribution >= 0.6 is 0 Å². The van der Waals surface area contributed by atoms with Gasteiger partial charge >= 0.3 is 0 Å². The summed E-state index contributed by atoms with van der Waals surface area (Å²) in [6.07, 6.45) is 0. The fraction of sp³-hybridized carbons (Fsp3) is 0.0357. The first kappa shape index (κ1) is 34.6. The predicted molar refractivity (Wildman–Crippen MR) is 245 cm³/mol. The van der Waals surface area contributed by atoms with Gasteiger partial charge in [-0.3, -0.25) is 0 Å². The smallest absolute Gasteiger partial charge is 0.119 e. The van der Waals surface area contributed by atoms with E-state index in [0.29, 0.717) is 0 Å². The van der Waals surface area contributed by atoms with Crippen molar-refractivity contribution >= 4 is 38.9 Å². The van der Waals surface area contributed by atoms with Gasteiger partial charge in [0.05, 0.1) is 29.2 Å². The number of nitrogens with zero attached hydrogens (tertiary/aromatic N) is 2. The molecule has 0 spiro atoms. The van der Waals surface area contributed by atoms with E-state index in [0.717, 1.165) is 34.0 Å². The average Bonchev–Trinajstić information content (AvgIpc) is 3.81.